The van der Waals surface area contributed by atoms with Gasteiger partial charge < -0.3 is 9.84 Å². The minimum Gasteiger partial charge on any atom is -0.362 e. The zero-order valence-electron chi connectivity index (χ0n) is 6.97. The topological polar surface area (TPSA) is 51.0 Å². The van der Waals surface area contributed by atoms with Crippen LogP contribution in [0.3, 0.4) is 0 Å². The molecule has 0 unspecified atom stereocenters. The molecule has 0 aliphatic rings. The molecule has 66 valence electrons. The second-order valence-corrected chi connectivity index (χ2v) is 2.63. The molecule has 0 bridgehead atoms. The van der Waals surface area contributed by atoms with E-state index in [9.17, 15) is 0 Å². The Bertz CT molecular complexity index is 344. The number of aromatic nitrogens is 2. The first kappa shape index (κ1) is 7.79. The summed E-state index contributed by atoms with van der Waals surface area (Å²) in [6, 6.07) is 10.1. The van der Waals surface area contributed by atoms with E-state index in [1.165, 1.54) is 11.8 Å². The van der Waals surface area contributed by atoms with Crippen LogP contribution in [0.15, 0.2) is 41.1 Å². The third kappa shape index (κ3) is 2.05. The summed E-state index contributed by atoms with van der Waals surface area (Å²) in [4.78, 5) is 0. The number of nitrogens with one attached hydrogen (secondary N) is 1. The van der Waals surface area contributed by atoms with Crippen molar-refractivity contribution in [2.24, 2.45) is 0 Å². The molecule has 1 N–H and O–H groups in total. The van der Waals surface area contributed by atoms with E-state index in [1.807, 2.05) is 30.3 Å². The highest BCUT2D eigenvalue weighted by Crippen LogP contribution is 2.03. The lowest BCUT2D eigenvalue weighted by atomic mass is 10.2. The van der Waals surface area contributed by atoms with Crippen LogP contribution in [-0.4, -0.2) is 10.4 Å². The Hall–Kier alpha value is -1.84. The SMILES string of the molecule is c1ccc(CNc2conn2)cc1. The average Bonchev–Trinajstić information content (AvgIpc) is 2.69. The van der Waals surface area contributed by atoms with E-state index in [4.69, 9.17) is 0 Å². The molecule has 0 atom stereocenters. The van der Waals surface area contributed by atoms with Crippen LogP contribution in [0.1, 0.15) is 5.56 Å². The Morgan fingerprint density at radius 2 is 2.08 bits per heavy atom. The van der Waals surface area contributed by atoms with Gasteiger partial charge in [0.05, 0.1) is 0 Å². The highest BCUT2D eigenvalue weighted by atomic mass is 16.5. The summed E-state index contributed by atoms with van der Waals surface area (Å²) in [5.41, 5.74) is 1.20. The van der Waals surface area contributed by atoms with Gasteiger partial charge in [-0.15, -0.1) is 0 Å². The van der Waals surface area contributed by atoms with Crippen molar-refractivity contribution in [3.8, 4) is 0 Å². The molecule has 1 aromatic heterocycles. The maximum absolute atomic E-state index is 4.58. The summed E-state index contributed by atoms with van der Waals surface area (Å²) in [6.45, 7) is 0.731. The third-order valence-electron chi connectivity index (χ3n) is 1.68. The van der Waals surface area contributed by atoms with Crippen molar-refractivity contribution in [2.45, 2.75) is 6.54 Å². The first-order valence-electron chi connectivity index (χ1n) is 4.00. The van der Waals surface area contributed by atoms with E-state index < -0.39 is 0 Å². The number of nitrogens with zero attached hydrogens (tertiary/aromatic N) is 2. The number of hydrogen-bond acceptors (Lipinski definition) is 4. The molecule has 0 aliphatic carbocycles. The Kier molecular flexibility index (Phi) is 2.22. The van der Waals surface area contributed by atoms with Crippen LogP contribution in [0.2, 0.25) is 0 Å². The van der Waals surface area contributed by atoms with E-state index in [2.05, 4.69) is 20.2 Å². The third-order valence-corrected chi connectivity index (χ3v) is 1.68. The first-order valence-corrected chi connectivity index (χ1v) is 4.00. The molecular weight excluding hydrogens is 166 g/mol. The fourth-order valence-corrected chi connectivity index (χ4v) is 1.03. The van der Waals surface area contributed by atoms with Gasteiger partial charge in [-0.1, -0.05) is 35.4 Å². The van der Waals surface area contributed by atoms with Gasteiger partial charge in [-0.05, 0) is 5.56 Å². The zero-order chi connectivity index (χ0) is 8.93. The summed E-state index contributed by atoms with van der Waals surface area (Å²) in [6.07, 6.45) is 1.48. The lowest BCUT2D eigenvalue weighted by Gasteiger charge is -2.00. The number of hydrogen-bond donors (Lipinski definition) is 1. The van der Waals surface area contributed by atoms with Crippen molar-refractivity contribution >= 4 is 5.82 Å². The standard InChI is InChI=1S/C9H9N3O/c1-2-4-8(5-3-1)6-10-9-7-13-12-11-9/h1-5,7,10H,6H2. The van der Waals surface area contributed by atoms with Gasteiger partial charge in [0.15, 0.2) is 12.1 Å². The van der Waals surface area contributed by atoms with E-state index in [0.717, 1.165) is 6.54 Å². The van der Waals surface area contributed by atoms with Crippen molar-refractivity contribution in [3.63, 3.8) is 0 Å². The molecule has 13 heavy (non-hydrogen) atoms. The van der Waals surface area contributed by atoms with E-state index >= 15 is 0 Å². The van der Waals surface area contributed by atoms with Crippen LogP contribution in [0, 0.1) is 0 Å². The van der Waals surface area contributed by atoms with Crippen molar-refractivity contribution in [2.75, 3.05) is 5.32 Å². The fourth-order valence-electron chi connectivity index (χ4n) is 1.03. The molecule has 0 aliphatic heterocycles. The quantitative estimate of drug-likeness (QED) is 0.771. The van der Waals surface area contributed by atoms with Crippen molar-refractivity contribution in [1.82, 2.24) is 10.4 Å². The van der Waals surface area contributed by atoms with Crippen LogP contribution in [0.25, 0.3) is 0 Å². The van der Waals surface area contributed by atoms with Crippen LogP contribution < -0.4 is 5.32 Å². The molecule has 1 aromatic carbocycles. The van der Waals surface area contributed by atoms with Gasteiger partial charge in [-0.3, -0.25) is 0 Å². The highest BCUT2D eigenvalue weighted by Gasteiger charge is 1.95. The van der Waals surface area contributed by atoms with E-state index in [-0.39, 0.29) is 0 Å². The molecule has 4 nitrogen and oxygen atoms in total. The van der Waals surface area contributed by atoms with Crippen molar-refractivity contribution < 1.29 is 4.52 Å². The van der Waals surface area contributed by atoms with Gasteiger partial charge in [0.2, 0.25) is 0 Å². The predicted molar refractivity (Wildman–Crippen MR) is 48.1 cm³/mol. The van der Waals surface area contributed by atoms with Gasteiger partial charge in [0.25, 0.3) is 0 Å². The molecule has 2 aromatic rings. The monoisotopic (exact) mass is 175 g/mol. The summed E-state index contributed by atoms with van der Waals surface area (Å²) in [5.74, 6) is 0.656. The normalized spacial score (nSPS) is 9.85. The van der Waals surface area contributed by atoms with Gasteiger partial charge in [0, 0.05) is 11.8 Å². The van der Waals surface area contributed by atoms with Crippen molar-refractivity contribution in [3.05, 3.63) is 42.2 Å². The lowest BCUT2D eigenvalue weighted by molar-refractivity contribution is 0.393. The molecule has 0 radical (unpaired) electrons. The zero-order valence-corrected chi connectivity index (χ0v) is 6.97. The molecule has 0 fully saturated rings. The van der Waals surface area contributed by atoms with Gasteiger partial charge in [-0.2, -0.15) is 0 Å². The average molecular weight is 175 g/mol. The summed E-state index contributed by atoms with van der Waals surface area (Å²) < 4.78 is 4.58. The fraction of sp³-hybridized carbons (Fsp3) is 0.111. The maximum atomic E-state index is 4.58. The molecule has 2 rings (SSSR count). The van der Waals surface area contributed by atoms with Gasteiger partial charge >= 0.3 is 0 Å². The molecule has 0 spiro atoms. The minimum absolute atomic E-state index is 0.656. The molecule has 0 amide bonds. The molecule has 0 saturated carbocycles. The minimum atomic E-state index is 0.656. The molecular formula is C9H9N3O. The summed E-state index contributed by atoms with van der Waals surface area (Å²) in [5, 5.41) is 10.1. The summed E-state index contributed by atoms with van der Waals surface area (Å²) >= 11 is 0. The molecule has 4 heteroatoms. The largest absolute Gasteiger partial charge is 0.362 e. The van der Waals surface area contributed by atoms with Gasteiger partial charge in [0.1, 0.15) is 0 Å². The van der Waals surface area contributed by atoms with Crippen LogP contribution in [0.5, 0.6) is 0 Å². The Balaban J connectivity index is 1.94. The Labute approximate surface area is 75.6 Å². The second kappa shape index (κ2) is 3.71. The second-order valence-electron chi connectivity index (χ2n) is 2.63. The predicted octanol–water partition coefficient (Wildman–Crippen LogP) is 1.68. The van der Waals surface area contributed by atoms with E-state index in [1.54, 1.807) is 0 Å². The Morgan fingerprint density at radius 1 is 1.23 bits per heavy atom. The first-order chi connectivity index (χ1) is 6.45. The van der Waals surface area contributed by atoms with Crippen LogP contribution in [-0.2, 0) is 6.54 Å². The Morgan fingerprint density at radius 3 is 2.77 bits per heavy atom. The molecule has 0 saturated heterocycles. The van der Waals surface area contributed by atoms with Crippen LogP contribution >= 0.6 is 0 Å². The number of benzene rings is 1. The maximum Gasteiger partial charge on any atom is 0.190 e. The number of rotatable bonds is 3. The number of anilines is 1. The highest BCUT2D eigenvalue weighted by molar-refractivity contribution is 5.29. The lowest BCUT2D eigenvalue weighted by Crippen LogP contribution is -1.98. The summed E-state index contributed by atoms with van der Waals surface area (Å²) in [7, 11) is 0. The van der Waals surface area contributed by atoms with E-state index in [0.29, 0.717) is 5.82 Å². The van der Waals surface area contributed by atoms with Crippen molar-refractivity contribution in [1.29, 1.82) is 0 Å². The molecule has 1 heterocycles. The smallest absolute Gasteiger partial charge is 0.190 e. The van der Waals surface area contributed by atoms with Crippen LogP contribution in [0.4, 0.5) is 5.82 Å². The van der Waals surface area contributed by atoms with Gasteiger partial charge in [-0.25, -0.2) is 0 Å².